The molecule has 1 unspecified atom stereocenters. The lowest BCUT2D eigenvalue weighted by Crippen LogP contribution is -2.04. The van der Waals surface area contributed by atoms with Crippen LogP contribution in [0, 0.1) is 2.88 Å². The average Bonchev–Trinajstić information content (AvgIpc) is 2.91. The van der Waals surface area contributed by atoms with E-state index in [1.807, 2.05) is 11.3 Å². The fourth-order valence-electron chi connectivity index (χ4n) is 2.59. The molecule has 20 heavy (non-hydrogen) atoms. The van der Waals surface area contributed by atoms with Gasteiger partial charge in [0.15, 0.2) is 0 Å². The molecule has 1 aromatic carbocycles. The Kier molecular flexibility index (Phi) is 6.11. The highest BCUT2D eigenvalue weighted by atomic mass is 127. The lowest BCUT2D eigenvalue weighted by molar-refractivity contribution is 0.976. The van der Waals surface area contributed by atoms with E-state index >= 15 is 0 Å². The number of aryl methyl sites for hydroxylation is 3. The van der Waals surface area contributed by atoms with Crippen molar-refractivity contribution in [3.63, 3.8) is 0 Å². The van der Waals surface area contributed by atoms with Gasteiger partial charge in [0.1, 0.15) is 0 Å². The molecule has 0 bridgehead atoms. The summed E-state index contributed by atoms with van der Waals surface area (Å²) in [6.07, 6.45) is 3.31. The van der Waals surface area contributed by atoms with Crippen LogP contribution in [-0.4, -0.2) is 0 Å². The van der Waals surface area contributed by atoms with E-state index in [2.05, 4.69) is 82.9 Å². The summed E-state index contributed by atoms with van der Waals surface area (Å²) in [5.74, 6) is 0. The first kappa shape index (κ1) is 16.5. The standard InChI is InChI=1S/C17H20BrIS/c1-4-11-7-12(5-2)16(13(6-3)8-11)17(18)14-9-15(19)20-10-14/h7-10,17H,4-6H2,1-3H3. The van der Waals surface area contributed by atoms with Crippen LogP contribution in [-0.2, 0) is 19.3 Å². The van der Waals surface area contributed by atoms with Crippen LogP contribution in [0.4, 0.5) is 0 Å². The second kappa shape index (κ2) is 7.41. The molecule has 1 heterocycles. The SMILES string of the molecule is CCc1cc(CC)c(C(Br)c2csc(I)c2)c(CC)c1. The summed E-state index contributed by atoms with van der Waals surface area (Å²) in [7, 11) is 0. The minimum atomic E-state index is 0.318. The number of thiophene rings is 1. The molecule has 108 valence electrons. The molecule has 1 atom stereocenters. The van der Waals surface area contributed by atoms with Gasteiger partial charge in [0.05, 0.1) is 7.71 Å². The molecule has 0 saturated heterocycles. The zero-order valence-electron chi connectivity index (χ0n) is 12.2. The number of rotatable bonds is 5. The first-order valence-corrected chi connectivity index (χ1v) is 10.0. The van der Waals surface area contributed by atoms with Crippen molar-refractivity contribution >= 4 is 49.9 Å². The maximum absolute atomic E-state index is 3.94. The quantitative estimate of drug-likeness (QED) is 0.350. The summed E-state index contributed by atoms with van der Waals surface area (Å²) >= 11 is 8.16. The first-order valence-electron chi connectivity index (χ1n) is 7.13. The third-order valence-corrected chi connectivity index (χ3v) is 6.51. The summed E-state index contributed by atoms with van der Waals surface area (Å²) in [5, 5.41) is 2.27. The summed E-state index contributed by atoms with van der Waals surface area (Å²) in [6.45, 7) is 6.75. The van der Waals surface area contributed by atoms with Crippen LogP contribution in [0.3, 0.4) is 0 Å². The smallest absolute Gasteiger partial charge is 0.0658 e. The van der Waals surface area contributed by atoms with Crippen LogP contribution in [0.25, 0.3) is 0 Å². The number of halogens is 2. The highest BCUT2D eigenvalue weighted by Crippen LogP contribution is 2.38. The summed E-state index contributed by atoms with van der Waals surface area (Å²) in [6, 6.07) is 7.07. The molecule has 0 fully saturated rings. The molecule has 0 nitrogen and oxygen atoms in total. The van der Waals surface area contributed by atoms with Crippen molar-refractivity contribution in [3.8, 4) is 0 Å². The van der Waals surface area contributed by atoms with Gasteiger partial charge in [-0.05, 0) is 81.1 Å². The van der Waals surface area contributed by atoms with Crippen LogP contribution >= 0.6 is 49.9 Å². The second-order valence-corrected chi connectivity index (χ2v) is 8.66. The Morgan fingerprint density at radius 3 is 2.05 bits per heavy atom. The molecule has 0 amide bonds. The molecular weight excluding hydrogens is 443 g/mol. The predicted octanol–water partition coefficient (Wildman–Crippen LogP) is 6.52. The van der Waals surface area contributed by atoms with E-state index in [0.29, 0.717) is 4.83 Å². The third-order valence-electron chi connectivity index (χ3n) is 3.72. The van der Waals surface area contributed by atoms with E-state index in [0.717, 1.165) is 19.3 Å². The number of alkyl halides is 1. The van der Waals surface area contributed by atoms with Gasteiger partial charge in [0.2, 0.25) is 0 Å². The van der Waals surface area contributed by atoms with Crippen molar-refractivity contribution in [2.75, 3.05) is 0 Å². The largest absolute Gasteiger partial charge is 0.137 e. The maximum Gasteiger partial charge on any atom is 0.0658 e. The van der Waals surface area contributed by atoms with Crippen molar-refractivity contribution < 1.29 is 0 Å². The molecule has 0 radical (unpaired) electrons. The molecule has 1 aromatic heterocycles. The summed E-state index contributed by atoms with van der Waals surface area (Å²) in [4.78, 5) is 0.318. The van der Waals surface area contributed by atoms with Crippen LogP contribution in [0.15, 0.2) is 23.6 Å². The summed E-state index contributed by atoms with van der Waals surface area (Å²) in [5.41, 5.74) is 7.31. The van der Waals surface area contributed by atoms with Gasteiger partial charge in [-0.2, -0.15) is 0 Å². The highest BCUT2D eigenvalue weighted by Gasteiger charge is 2.19. The average molecular weight is 463 g/mol. The minimum Gasteiger partial charge on any atom is -0.137 e. The molecule has 2 rings (SSSR count). The summed E-state index contributed by atoms with van der Waals surface area (Å²) < 4.78 is 1.35. The Balaban J connectivity index is 2.53. The molecular formula is C17H20BrIS. The Labute approximate surface area is 148 Å². The molecule has 0 saturated carbocycles. The van der Waals surface area contributed by atoms with Crippen LogP contribution in [0.1, 0.15) is 53.4 Å². The van der Waals surface area contributed by atoms with Gasteiger partial charge in [-0.3, -0.25) is 0 Å². The molecule has 0 aliphatic heterocycles. The Morgan fingerprint density at radius 2 is 1.65 bits per heavy atom. The Morgan fingerprint density at radius 1 is 1.05 bits per heavy atom. The zero-order chi connectivity index (χ0) is 14.7. The molecule has 0 aliphatic rings. The van der Waals surface area contributed by atoms with Crippen molar-refractivity contribution in [1.82, 2.24) is 0 Å². The van der Waals surface area contributed by atoms with Gasteiger partial charge in [0.25, 0.3) is 0 Å². The van der Waals surface area contributed by atoms with Crippen LogP contribution < -0.4 is 0 Å². The number of hydrogen-bond acceptors (Lipinski definition) is 1. The lowest BCUT2D eigenvalue weighted by Gasteiger charge is -2.19. The zero-order valence-corrected chi connectivity index (χ0v) is 16.7. The van der Waals surface area contributed by atoms with Crippen LogP contribution in [0.2, 0.25) is 0 Å². The Bertz CT molecular complexity index is 563. The molecule has 3 heteroatoms. The van der Waals surface area contributed by atoms with Gasteiger partial charge in [-0.15, -0.1) is 11.3 Å². The molecule has 0 N–H and O–H groups in total. The maximum atomic E-state index is 3.94. The third kappa shape index (κ3) is 3.47. The van der Waals surface area contributed by atoms with Gasteiger partial charge in [-0.25, -0.2) is 0 Å². The first-order chi connectivity index (χ1) is 9.60. The molecule has 2 aromatic rings. The fourth-order valence-corrected chi connectivity index (χ4v) is 5.01. The van der Waals surface area contributed by atoms with E-state index in [-0.39, 0.29) is 0 Å². The van der Waals surface area contributed by atoms with Gasteiger partial charge >= 0.3 is 0 Å². The lowest BCUT2D eigenvalue weighted by atomic mass is 9.90. The van der Waals surface area contributed by atoms with Crippen molar-refractivity contribution in [2.24, 2.45) is 0 Å². The molecule has 0 spiro atoms. The van der Waals surface area contributed by atoms with Crippen molar-refractivity contribution in [3.05, 3.63) is 54.3 Å². The topological polar surface area (TPSA) is 0 Å². The van der Waals surface area contributed by atoms with Gasteiger partial charge < -0.3 is 0 Å². The van der Waals surface area contributed by atoms with E-state index in [1.54, 1.807) is 0 Å². The van der Waals surface area contributed by atoms with E-state index in [9.17, 15) is 0 Å². The highest BCUT2D eigenvalue weighted by molar-refractivity contribution is 14.1. The van der Waals surface area contributed by atoms with E-state index in [4.69, 9.17) is 0 Å². The fraction of sp³-hybridized carbons (Fsp3) is 0.412. The van der Waals surface area contributed by atoms with Crippen molar-refractivity contribution in [2.45, 2.75) is 44.9 Å². The van der Waals surface area contributed by atoms with E-state index in [1.165, 1.54) is 30.7 Å². The van der Waals surface area contributed by atoms with Gasteiger partial charge in [0, 0.05) is 0 Å². The number of benzene rings is 1. The molecule has 0 aliphatic carbocycles. The van der Waals surface area contributed by atoms with E-state index < -0.39 is 0 Å². The minimum absolute atomic E-state index is 0.318. The van der Waals surface area contributed by atoms with Crippen molar-refractivity contribution in [1.29, 1.82) is 0 Å². The van der Waals surface area contributed by atoms with Gasteiger partial charge in [-0.1, -0.05) is 48.8 Å². The monoisotopic (exact) mass is 462 g/mol. The number of hydrogen-bond donors (Lipinski definition) is 0. The second-order valence-electron chi connectivity index (χ2n) is 4.94. The van der Waals surface area contributed by atoms with Crippen LogP contribution in [0.5, 0.6) is 0 Å². The normalized spacial score (nSPS) is 12.7. The predicted molar refractivity (Wildman–Crippen MR) is 102 cm³/mol. The Hall–Kier alpha value is 0.130.